The van der Waals surface area contributed by atoms with Crippen LogP contribution in [0.15, 0.2) is 30.6 Å². The summed E-state index contributed by atoms with van der Waals surface area (Å²) in [4.78, 5) is 18.7. The number of aliphatic carboxylic acids is 1. The Morgan fingerprint density at radius 1 is 1.28 bits per heavy atom. The van der Waals surface area contributed by atoms with E-state index < -0.39 is 5.97 Å². The normalized spacial score (nSPS) is 17.6. The molecular weight excluding hydrogens is 316 g/mol. The van der Waals surface area contributed by atoms with Crippen LogP contribution in [0, 0.1) is 17.8 Å². The molecule has 1 atom stereocenters. The predicted octanol–water partition coefficient (Wildman–Crippen LogP) is 2.85. The third-order valence-corrected chi connectivity index (χ3v) is 4.51. The van der Waals surface area contributed by atoms with Gasteiger partial charge >= 0.3 is 5.97 Å². The van der Waals surface area contributed by atoms with E-state index in [1.807, 2.05) is 12.1 Å². The third kappa shape index (κ3) is 3.97. The van der Waals surface area contributed by atoms with Gasteiger partial charge in [0, 0.05) is 18.0 Å². The highest BCUT2D eigenvalue weighted by atomic mass is 16.5. The lowest BCUT2D eigenvalue weighted by atomic mass is 9.83. The zero-order chi connectivity index (χ0) is 18.0. The van der Waals surface area contributed by atoms with Crippen molar-refractivity contribution in [2.24, 2.45) is 5.92 Å². The summed E-state index contributed by atoms with van der Waals surface area (Å²) in [6.45, 7) is 6.42. The molecule has 5 nitrogen and oxygen atoms in total. The molecule has 1 N–H and O–H groups in total. The third-order valence-electron chi connectivity index (χ3n) is 4.51. The minimum atomic E-state index is -0.951. The van der Waals surface area contributed by atoms with Crippen LogP contribution in [0.4, 0.5) is 0 Å². The van der Waals surface area contributed by atoms with Crippen LogP contribution in [-0.2, 0) is 17.6 Å². The number of hydrogen-bond donors (Lipinski definition) is 1. The SMILES string of the molecule is CC1Cc2cc(C#Cc3cnc(CC(=O)O)nc3)ccc2OC1(C)C. The molecule has 0 radical (unpaired) electrons. The molecule has 1 aliphatic heterocycles. The molecule has 1 aliphatic rings. The minimum Gasteiger partial charge on any atom is -0.487 e. The van der Waals surface area contributed by atoms with Crippen molar-refractivity contribution in [3.63, 3.8) is 0 Å². The first kappa shape index (κ1) is 17.0. The number of rotatable bonds is 2. The number of nitrogens with zero attached hydrogens (tertiary/aromatic N) is 2. The van der Waals surface area contributed by atoms with Crippen molar-refractivity contribution in [1.82, 2.24) is 9.97 Å². The maximum Gasteiger partial charge on any atom is 0.311 e. The molecule has 128 valence electrons. The molecule has 0 bridgehead atoms. The van der Waals surface area contributed by atoms with Crippen LogP contribution >= 0.6 is 0 Å². The van der Waals surface area contributed by atoms with Gasteiger partial charge in [-0.1, -0.05) is 18.8 Å². The predicted molar refractivity (Wildman–Crippen MR) is 93.4 cm³/mol. The van der Waals surface area contributed by atoms with Crippen LogP contribution in [0.1, 0.15) is 43.3 Å². The molecule has 1 aromatic heterocycles. The topological polar surface area (TPSA) is 72.3 Å². The summed E-state index contributed by atoms with van der Waals surface area (Å²) < 4.78 is 6.08. The molecule has 2 heterocycles. The van der Waals surface area contributed by atoms with Crippen molar-refractivity contribution >= 4 is 5.97 Å². The molecule has 0 aliphatic carbocycles. The fraction of sp³-hybridized carbons (Fsp3) is 0.350. The van der Waals surface area contributed by atoms with Gasteiger partial charge in [0.15, 0.2) is 0 Å². The number of carboxylic acids is 1. The second-order valence-corrected chi connectivity index (χ2v) is 6.84. The standard InChI is InChI=1S/C20H20N2O3/c1-13-8-16-9-14(6-7-17(16)25-20(13,2)3)4-5-15-11-21-18(22-12-15)10-19(23)24/h6-7,9,11-13H,8,10H2,1-3H3,(H,23,24). The van der Waals surface area contributed by atoms with E-state index in [1.54, 1.807) is 12.4 Å². The Labute approximate surface area is 147 Å². The monoisotopic (exact) mass is 336 g/mol. The van der Waals surface area contributed by atoms with Crippen molar-refractivity contribution in [1.29, 1.82) is 0 Å². The molecule has 0 saturated heterocycles. The summed E-state index contributed by atoms with van der Waals surface area (Å²) in [5.74, 6) is 6.80. The van der Waals surface area contributed by atoms with Crippen molar-refractivity contribution in [2.75, 3.05) is 0 Å². The van der Waals surface area contributed by atoms with Crippen molar-refractivity contribution < 1.29 is 14.6 Å². The lowest BCUT2D eigenvalue weighted by Crippen LogP contribution is -2.40. The Kier molecular flexibility index (Phi) is 4.45. The summed E-state index contributed by atoms with van der Waals surface area (Å²) >= 11 is 0. The first-order chi connectivity index (χ1) is 11.8. The van der Waals surface area contributed by atoms with Crippen molar-refractivity contribution in [3.05, 3.63) is 53.1 Å². The van der Waals surface area contributed by atoms with Crippen LogP contribution < -0.4 is 4.74 Å². The van der Waals surface area contributed by atoms with Gasteiger partial charge in [-0.2, -0.15) is 0 Å². The summed E-state index contributed by atoms with van der Waals surface area (Å²) in [5, 5.41) is 8.72. The van der Waals surface area contributed by atoms with Gasteiger partial charge in [0.2, 0.25) is 0 Å². The second kappa shape index (κ2) is 6.56. The highest BCUT2D eigenvalue weighted by Crippen LogP contribution is 2.36. The van der Waals surface area contributed by atoms with Gasteiger partial charge in [-0.05, 0) is 49.9 Å². The van der Waals surface area contributed by atoms with E-state index in [-0.39, 0.29) is 17.8 Å². The van der Waals surface area contributed by atoms with E-state index in [0.717, 1.165) is 17.7 Å². The highest BCUT2D eigenvalue weighted by molar-refractivity contribution is 5.68. The largest absolute Gasteiger partial charge is 0.487 e. The lowest BCUT2D eigenvalue weighted by molar-refractivity contribution is -0.136. The Bertz CT molecular complexity index is 861. The molecule has 1 unspecified atom stereocenters. The van der Waals surface area contributed by atoms with Crippen molar-refractivity contribution in [3.8, 4) is 17.6 Å². The van der Waals surface area contributed by atoms with Crippen LogP contribution in [0.2, 0.25) is 0 Å². The molecule has 0 amide bonds. The van der Waals surface area contributed by atoms with Crippen LogP contribution in [0.5, 0.6) is 5.75 Å². The van der Waals surface area contributed by atoms with Gasteiger partial charge in [0.05, 0.1) is 5.56 Å². The van der Waals surface area contributed by atoms with Gasteiger partial charge in [-0.25, -0.2) is 9.97 Å². The zero-order valence-electron chi connectivity index (χ0n) is 14.5. The fourth-order valence-electron chi connectivity index (χ4n) is 2.67. The lowest BCUT2D eigenvalue weighted by Gasteiger charge is -2.38. The number of fused-ring (bicyclic) bond motifs is 1. The molecule has 2 aromatic rings. The van der Waals surface area contributed by atoms with Gasteiger partial charge in [-0.3, -0.25) is 4.79 Å². The molecule has 0 fully saturated rings. The average molecular weight is 336 g/mol. The van der Waals surface area contributed by atoms with Crippen LogP contribution in [0.3, 0.4) is 0 Å². The van der Waals surface area contributed by atoms with E-state index in [0.29, 0.717) is 11.5 Å². The summed E-state index contributed by atoms with van der Waals surface area (Å²) in [7, 11) is 0. The van der Waals surface area contributed by atoms with Crippen molar-refractivity contribution in [2.45, 2.75) is 39.2 Å². The molecule has 5 heteroatoms. The molecule has 1 aromatic carbocycles. The van der Waals surface area contributed by atoms with E-state index in [1.165, 1.54) is 5.56 Å². The first-order valence-electron chi connectivity index (χ1n) is 8.20. The Balaban J connectivity index is 1.78. The molecular formula is C20H20N2O3. The summed E-state index contributed by atoms with van der Waals surface area (Å²) in [6, 6.07) is 5.98. The maximum absolute atomic E-state index is 10.6. The fourth-order valence-corrected chi connectivity index (χ4v) is 2.67. The Hall–Kier alpha value is -2.87. The quantitative estimate of drug-likeness (QED) is 0.854. The minimum absolute atomic E-state index is 0.158. The van der Waals surface area contributed by atoms with Gasteiger partial charge < -0.3 is 9.84 Å². The van der Waals surface area contributed by atoms with Crippen LogP contribution in [0.25, 0.3) is 0 Å². The van der Waals surface area contributed by atoms with Gasteiger partial charge in [0.1, 0.15) is 23.6 Å². The number of benzene rings is 1. The van der Waals surface area contributed by atoms with Crippen LogP contribution in [-0.4, -0.2) is 26.6 Å². The summed E-state index contributed by atoms with van der Waals surface area (Å²) in [6.07, 6.45) is 3.87. The van der Waals surface area contributed by atoms with E-state index in [2.05, 4.69) is 48.6 Å². The number of hydrogen-bond acceptors (Lipinski definition) is 4. The number of ether oxygens (including phenoxy) is 1. The number of carboxylic acid groups (broad SMARTS) is 1. The van der Waals surface area contributed by atoms with Gasteiger partial charge in [0.25, 0.3) is 0 Å². The molecule has 3 rings (SSSR count). The Morgan fingerprint density at radius 2 is 1.96 bits per heavy atom. The zero-order valence-corrected chi connectivity index (χ0v) is 14.5. The highest BCUT2D eigenvalue weighted by Gasteiger charge is 2.33. The smallest absolute Gasteiger partial charge is 0.311 e. The molecule has 0 saturated carbocycles. The van der Waals surface area contributed by atoms with E-state index in [4.69, 9.17) is 9.84 Å². The second-order valence-electron chi connectivity index (χ2n) is 6.84. The average Bonchev–Trinajstić information content (AvgIpc) is 2.54. The Morgan fingerprint density at radius 3 is 2.64 bits per heavy atom. The maximum atomic E-state index is 10.6. The summed E-state index contributed by atoms with van der Waals surface area (Å²) in [5.41, 5.74) is 2.57. The van der Waals surface area contributed by atoms with Gasteiger partial charge in [-0.15, -0.1) is 0 Å². The van der Waals surface area contributed by atoms with E-state index >= 15 is 0 Å². The molecule has 25 heavy (non-hydrogen) atoms. The molecule has 0 spiro atoms. The first-order valence-corrected chi connectivity index (χ1v) is 8.20. The van der Waals surface area contributed by atoms with E-state index in [9.17, 15) is 4.79 Å². The number of carbonyl (C=O) groups is 1. The number of aromatic nitrogens is 2.